The molecule has 6 nitrogen and oxygen atoms in total. The van der Waals surface area contributed by atoms with Crippen molar-refractivity contribution in [3.8, 4) is 6.07 Å². The molecule has 0 radical (unpaired) electrons. The highest BCUT2D eigenvalue weighted by Crippen LogP contribution is 2.13. The number of nitrogens with one attached hydrogen (secondary N) is 1. The molecule has 0 spiro atoms. The maximum atomic E-state index is 12.2. The SMILES string of the molecule is N#Cc1ccc(Cn2cnc(NC(=O)c3cccc(Br)c3)n2)cc1. The van der Waals surface area contributed by atoms with E-state index in [0.29, 0.717) is 17.7 Å². The molecule has 1 aromatic heterocycles. The molecule has 2 aromatic carbocycles. The highest BCUT2D eigenvalue weighted by atomic mass is 79.9. The average molecular weight is 382 g/mol. The number of halogens is 1. The Morgan fingerprint density at radius 2 is 2.04 bits per heavy atom. The van der Waals surface area contributed by atoms with Crippen molar-refractivity contribution < 1.29 is 4.79 Å². The van der Waals surface area contributed by atoms with Crippen molar-refractivity contribution in [2.45, 2.75) is 6.54 Å². The number of nitrogens with zero attached hydrogens (tertiary/aromatic N) is 4. The molecule has 0 aliphatic heterocycles. The summed E-state index contributed by atoms with van der Waals surface area (Å²) in [7, 11) is 0. The molecule has 0 saturated heterocycles. The number of anilines is 1. The van der Waals surface area contributed by atoms with E-state index in [1.807, 2.05) is 18.2 Å². The molecular formula is C17H12BrN5O. The molecule has 0 bridgehead atoms. The molecule has 3 rings (SSSR count). The number of rotatable bonds is 4. The van der Waals surface area contributed by atoms with Crippen LogP contribution in [0.25, 0.3) is 0 Å². The predicted octanol–water partition coefficient (Wildman–Crippen LogP) is 3.21. The third-order valence-electron chi connectivity index (χ3n) is 3.28. The number of benzene rings is 2. The first-order valence-corrected chi connectivity index (χ1v) is 7.89. The Morgan fingerprint density at radius 3 is 2.75 bits per heavy atom. The van der Waals surface area contributed by atoms with Crippen LogP contribution >= 0.6 is 15.9 Å². The molecule has 3 aromatic rings. The van der Waals surface area contributed by atoms with Gasteiger partial charge >= 0.3 is 0 Å². The second kappa shape index (κ2) is 7.06. The molecule has 1 heterocycles. The molecule has 0 unspecified atom stereocenters. The predicted molar refractivity (Wildman–Crippen MR) is 92.4 cm³/mol. The van der Waals surface area contributed by atoms with Gasteiger partial charge in [-0.05, 0) is 35.9 Å². The van der Waals surface area contributed by atoms with Gasteiger partial charge in [0.2, 0.25) is 5.95 Å². The summed E-state index contributed by atoms with van der Waals surface area (Å²) in [4.78, 5) is 16.2. The van der Waals surface area contributed by atoms with E-state index >= 15 is 0 Å². The van der Waals surface area contributed by atoms with Gasteiger partial charge in [0.1, 0.15) is 6.33 Å². The lowest BCUT2D eigenvalue weighted by atomic mass is 10.1. The quantitative estimate of drug-likeness (QED) is 0.751. The first-order valence-electron chi connectivity index (χ1n) is 7.09. The Hall–Kier alpha value is -2.98. The lowest BCUT2D eigenvalue weighted by Gasteiger charge is -2.02. The molecule has 24 heavy (non-hydrogen) atoms. The fourth-order valence-electron chi connectivity index (χ4n) is 2.10. The van der Waals surface area contributed by atoms with Gasteiger partial charge in [0.05, 0.1) is 18.2 Å². The third-order valence-corrected chi connectivity index (χ3v) is 3.77. The number of carbonyl (C=O) groups is 1. The minimum atomic E-state index is -0.271. The summed E-state index contributed by atoms with van der Waals surface area (Å²) >= 11 is 3.33. The molecule has 0 fully saturated rings. The topological polar surface area (TPSA) is 83.6 Å². The highest BCUT2D eigenvalue weighted by Gasteiger charge is 2.09. The number of hydrogen-bond acceptors (Lipinski definition) is 4. The zero-order valence-corrected chi connectivity index (χ0v) is 14.1. The van der Waals surface area contributed by atoms with E-state index in [9.17, 15) is 4.79 Å². The number of carbonyl (C=O) groups excluding carboxylic acids is 1. The lowest BCUT2D eigenvalue weighted by molar-refractivity contribution is 0.102. The van der Waals surface area contributed by atoms with E-state index < -0.39 is 0 Å². The smallest absolute Gasteiger partial charge is 0.258 e. The Labute approximate surface area is 146 Å². The van der Waals surface area contributed by atoms with Gasteiger partial charge in [-0.2, -0.15) is 5.26 Å². The zero-order chi connectivity index (χ0) is 16.9. The maximum absolute atomic E-state index is 12.2. The lowest BCUT2D eigenvalue weighted by Crippen LogP contribution is -2.13. The zero-order valence-electron chi connectivity index (χ0n) is 12.5. The summed E-state index contributed by atoms with van der Waals surface area (Å²) in [5, 5.41) is 15.7. The standard InChI is InChI=1S/C17H12BrN5O/c18-15-3-1-2-14(8-15)16(24)21-17-20-11-23(22-17)10-13-6-4-12(9-19)5-7-13/h1-8,11H,10H2,(H,21,22,24). The summed E-state index contributed by atoms with van der Waals surface area (Å²) in [5.74, 6) is -0.0268. The van der Waals surface area contributed by atoms with Crippen molar-refractivity contribution in [3.63, 3.8) is 0 Å². The highest BCUT2D eigenvalue weighted by molar-refractivity contribution is 9.10. The van der Waals surface area contributed by atoms with Crippen LogP contribution in [0.4, 0.5) is 5.95 Å². The number of aromatic nitrogens is 3. The van der Waals surface area contributed by atoms with E-state index in [1.165, 1.54) is 0 Å². The van der Waals surface area contributed by atoms with Crippen LogP contribution in [0.5, 0.6) is 0 Å². The van der Waals surface area contributed by atoms with Crippen LogP contribution in [0, 0.1) is 11.3 Å². The Morgan fingerprint density at radius 1 is 1.25 bits per heavy atom. The Bertz CT molecular complexity index is 911. The van der Waals surface area contributed by atoms with Crippen molar-refractivity contribution in [2.75, 3.05) is 5.32 Å². The molecular weight excluding hydrogens is 370 g/mol. The van der Waals surface area contributed by atoms with Crippen LogP contribution in [0.2, 0.25) is 0 Å². The summed E-state index contributed by atoms with van der Waals surface area (Å²) in [6, 6.07) is 16.4. The minimum Gasteiger partial charge on any atom is -0.289 e. The van der Waals surface area contributed by atoms with Gasteiger partial charge in [0, 0.05) is 10.0 Å². The van der Waals surface area contributed by atoms with Crippen LogP contribution in [-0.2, 0) is 6.54 Å². The van der Waals surface area contributed by atoms with E-state index in [2.05, 4.69) is 37.4 Å². The summed E-state index contributed by atoms with van der Waals surface area (Å²) in [6.45, 7) is 0.505. The van der Waals surface area contributed by atoms with Crippen LogP contribution in [0.1, 0.15) is 21.5 Å². The van der Waals surface area contributed by atoms with E-state index in [1.54, 1.807) is 41.3 Å². The number of amides is 1. The summed E-state index contributed by atoms with van der Waals surface area (Å²) in [5.41, 5.74) is 2.12. The first kappa shape index (κ1) is 15.9. The van der Waals surface area contributed by atoms with Gasteiger partial charge in [0.15, 0.2) is 0 Å². The van der Waals surface area contributed by atoms with Crippen LogP contribution in [-0.4, -0.2) is 20.7 Å². The largest absolute Gasteiger partial charge is 0.289 e. The van der Waals surface area contributed by atoms with E-state index in [-0.39, 0.29) is 11.9 Å². The number of nitriles is 1. The molecule has 118 valence electrons. The van der Waals surface area contributed by atoms with Gasteiger partial charge in [0.25, 0.3) is 5.91 Å². The second-order valence-corrected chi connectivity index (χ2v) is 5.95. The summed E-state index contributed by atoms with van der Waals surface area (Å²) in [6.07, 6.45) is 1.55. The van der Waals surface area contributed by atoms with Crippen molar-refractivity contribution >= 4 is 27.8 Å². The van der Waals surface area contributed by atoms with E-state index in [0.717, 1.165) is 10.0 Å². The molecule has 7 heteroatoms. The van der Waals surface area contributed by atoms with Gasteiger partial charge in [-0.3, -0.25) is 10.1 Å². The van der Waals surface area contributed by atoms with Crippen LogP contribution in [0.3, 0.4) is 0 Å². The maximum Gasteiger partial charge on any atom is 0.258 e. The minimum absolute atomic E-state index is 0.244. The molecule has 0 aliphatic carbocycles. The fourth-order valence-corrected chi connectivity index (χ4v) is 2.50. The molecule has 0 atom stereocenters. The average Bonchev–Trinajstić information content (AvgIpc) is 3.02. The fraction of sp³-hybridized carbons (Fsp3) is 0.0588. The molecule has 0 aliphatic rings. The summed E-state index contributed by atoms with van der Waals surface area (Å²) < 4.78 is 2.45. The van der Waals surface area contributed by atoms with Gasteiger partial charge < -0.3 is 0 Å². The normalized spacial score (nSPS) is 10.2. The number of hydrogen-bond donors (Lipinski definition) is 1. The Balaban J connectivity index is 1.67. The third kappa shape index (κ3) is 3.86. The molecule has 1 amide bonds. The first-order chi connectivity index (χ1) is 11.6. The molecule has 0 saturated carbocycles. The van der Waals surface area contributed by atoms with Crippen molar-refractivity contribution in [3.05, 3.63) is 76.0 Å². The second-order valence-electron chi connectivity index (χ2n) is 5.04. The Kier molecular flexibility index (Phi) is 4.68. The van der Waals surface area contributed by atoms with Crippen molar-refractivity contribution in [2.24, 2.45) is 0 Å². The van der Waals surface area contributed by atoms with Gasteiger partial charge in [-0.15, -0.1) is 5.10 Å². The van der Waals surface area contributed by atoms with Crippen LogP contribution < -0.4 is 5.32 Å². The van der Waals surface area contributed by atoms with E-state index in [4.69, 9.17) is 5.26 Å². The van der Waals surface area contributed by atoms with Crippen LogP contribution in [0.15, 0.2) is 59.3 Å². The molecule has 1 N–H and O–H groups in total. The van der Waals surface area contributed by atoms with Gasteiger partial charge in [-0.1, -0.05) is 34.1 Å². The van der Waals surface area contributed by atoms with Gasteiger partial charge in [-0.25, -0.2) is 9.67 Å². The van der Waals surface area contributed by atoms with Crippen molar-refractivity contribution in [1.29, 1.82) is 5.26 Å². The monoisotopic (exact) mass is 381 g/mol. The van der Waals surface area contributed by atoms with Crippen molar-refractivity contribution in [1.82, 2.24) is 14.8 Å².